The average molecular weight is 180 g/mol. The molecule has 0 aliphatic heterocycles. The molecule has 0 atom stereocenters. The molecule has 0 rings (SSSR count). The molecule has 0 aromatic heterocycles. The summed E-state index contributed by atoms with van der Waals surface area (Å²) in [5, 5.41) is 0. The Hall–Kier alpha value is 3.07. The Morgan fingerprint density at radius 2 is 1.29 bits per heavy atom. The number of hydrogen-bond donors (Lipinski definition) is 2. The molecule has 0 aliphatic rings. The van der Waals surface area contributed by atoms with E-state index < -0.39 is 8.69 Å². The maximum atomic E-state index is 10.2. The van der Waals surface area contributed by atoms with Crippen LogP contribution in [0.25, 0.3) is 0 Å². The molecule has 2 N–H and O–H groups in total. The van der Waals surface area contributed by atoms with Crippen LogP contribution in [0.5, 0.6) is 0 Å². The van der Waals surface area contributed by atoms with E-state index in [1.807, 2.05) is 0 Å². The zero-order valence-electron chi connectivity index (χ0n) is 1.72. The van der Waals surface area contributed by atoms with Gasteiger partial charge in [0.25, 0.3) is 0 Å². The molecule has 0 bridgehead atoms. The van der Waals surface area contributed by atoms with Gasteiger partial charge in [-0.2, -0.15) is 4.20 Å². The third-order valence-corrected chi connectivity index (χ3v) is 0. The Morgan fingerprint density at radius 1 is 1.29 bits per heavy atom. The Balaban J connectivity index is -0.0000000150. The molecule has 2 nitrogen and oxygen atoms in total. The van der Waals surface area contributed by atoms with Gasteiger partial charge >= 0.3 is 76.0 Å². The number of hydrogen-bond acceptors (Lipinski definition) is 2. The third-order valence-electron chi connectivity index (χ3n) is 0. The van der Waals surface area contributed by atoms with Crippen LogP contribution >= 0.6 is 8.69 Å². The zero-order chi connectivity index (χ0) is 3.58. The van der Waals surface area contributed by atoms with Crippen molar-refractivity contribution in [1.29, 1.82) is 0 Å². The van der Waals surface area contributed by atoms with Crippen molar-refractivity contribution in [3.8, 4) is 0 Å². The topological polar surface area (TPSA) is 40.5 Å². The van der Waals surface area contributed by atoms with E-state index in [0.29, 0.717) is 0 Å². The monoisotopic (exact) mass is 180 g/mol. The molecule has 0 fully saturated rings. The molecule has 0 unspecified atom stereocenters. The van der Waals surface area contributed by atoms with Crippen molar-refractivity contribution < 1.29 is 14.0 Å². The summed E-state index contributed by atoms with van der Waals surface area (Å²) in [5.41, 5.74) is 0. The van der Waals surface area contributed by atoms with Gasteiger partial charge in [0.2, 0.25) is 0 Å². The molecule has 0 spiro atoms. The van der Waals surface area contributed by atoms with Crippen molar-refractivity contribution >= 4 is 93.3 Å². The van der Waals surface area contributed by atoms with Gasteiger partial charge in [-0.05, 0) is 0 Å². The number of rotatable bonds is 0. The summed E-state index contributed by atoms with van der Waals surface area (Å²) in [5.74, 6) is 0. The molecular weight excluding hydrogens is 172 g/mol. The first-order chi connectivity index (χ1) is 1.73. The van der Waals surface area contributed by atoms with Gasteiger partial charge in [-0.15, -0.1) is 0 Å². The molecule has 7 heteroatoms. The number of halogens is 1. The van der Waals surface area contributed by atoms with Crippen LogP contribution in [-0.4, -0.2) is 94.4 Å². The van der Waals surface area contributed by atoms with Crippen LogP contribution in [0.4, 0.5) is 4.20 Å². The van der Waals surface area contributed by atoms with E-state index in [0.717, 1.165) is 0 Å². The third kappa shape index (κ3) is 48.1. The SMILES string of the molecule is OP(O)F.[AlH3].[CaH2].[NaH]. The fraction of sp³-hybridized carbons (Fsp3) is 0. The molecule has 7 heavy (non-hydrogen) atoms. The van der Waals surface area contributed by atoms with Crippen molar-refractivity contribution in [3.63, 3.8) is 0 Å². The van der Waals surface area contributed by atoms with Gasteiger partial charge in [0.1, 0.15) is 0 Å². The standard InChI is InChI=1S/Al.Ca.FH2O2P.Na.6H/c;;1-4(2)3;;;;;;;/h;;2-3H;;;;;;;. The van der Waals surface area contributed by atoms with E-state index >= 15 is 0 Å². The van der Waals surface area contributed by atoms with Crippen LogP contribution in [0.3, 0.4) is 0 Å². The summed E-state index contributed by atoms with van der Waals surface area (Å²) in [6, 6.07) is 0. The molecule has 0 aromatic carbocycles. The summed E-state index contributed by atoms with van der Waals surface area (Å²) in [6.07, 6.45) is 0. The molecule has 0 saturated heterocycles. The molecule has 0 aliphatic carbocycles. The average Bonchev–Trinajstić information content (AvgIpc) is 0.811. The normalized spacial score (nSPS) is 5.14. The minimum absolute atomic E-state index is 0. The van der Waals surface area contributed by atoms with Crippen LogP contribution in [0, 0.1) is 0 Å². The minimum atomic E-state index is -3.12. The van der Waals surface area contributed by atoms with Gasteiger partial charge in [0.05, 0.1) is 0 Å². The Bertz CT molecular complexity index is 22.4. The summed E-state index contributed by atoms with van der Waals surface area (Å²) < 4.78 is 10.2. The van der Waals surface area contributed by atoms with Crippen LogP contribution < -0.4 is 0 Å². The molecule has 0 saturated carbocycles. The van der Waals surface area contributed by atoms with Crippen molar-refractivity contribution in [3.05, 3.63) is 0 Å². The van der Waals surface area contributed by atoms with Crippen LogP contribution in [-0.2, 0) is 0 Å². The second-order valence-electron chi connectivity index (χ2n) is 0.241. The van der Waals surface area contributed by atoms with E-state index in [4.69, 9.17) is 9.79 Å². The predicted octanol–water partition coefficient (Wildman–Crippen LogP) is -2.58. The Kier molecular flexibility index (Phi) is 51.5. The van der Waals surface area contributed by atoms with E-state index in [9.17, 15) is 4.20 Å². The predicted molar refractivity (Wildman–Crippen MR) is 38.1 cm³/mol. The zero-order valence-corrected chi connectivity index (χ0v) is 2.61. The van der Waals surface area contributed by atoms with E-state index in [2.05, 4.69) is 0 Å². The molecule has 0 amide bonds. The molecule has 0 radical (unpaired) electrons. The quantitative estimate of drug-likeness (QED) is 0.317. The van der Waals surface area contributed by atoms with Crippen molar-refractivity contribution in [2.75, 3.05) is 0 Å². The van der Waals surface area contributed by atoms with Gasteiger partial charge in [-0.1, -0.05) is 0 Å². The van der Waals surface area contributed by atoms with Crippen LogP contribution in [0.1, 0.15) is 0 Å². The second-order valence-corrected chi connectivity index (χ2v) is 0.722. The van der Waals surface area contributed by atoms with Crippen LogP contribution in [0.2, 0.25) is 0 Å². The second kappa shape index (κ2) is 16.0. The summed E-state index contributed by atoms with van der Waals surface area (Å²) >= 11 is 0. The Labute approximate surface area is 105 Å². The van der Waals surface area contributed by atoms with Crippen molar-refractivity contribution in [1.82, 2.24) is 0 Å². The first-order valence-electron chi connectivity index (χ1n) is 0.569. The fourth-order valence-corrected chi connectivity index (χ4v) is 0. The first-order valence-corrected chi connectivity index (χ1v) is 1.71. The molecule has 0 aromatic rings. The van der Waals surface area contributed by atoms with Gasteiger partial charge in [0.15, 0.2) is 17.4 Å². The van der Waals surface area contributed by atoms with E-state index in [1.54, 1.807) is 0 Å². The van der Waals surface area contributed by atoms with Gasteiger partial charge in [-0.3, -0.25) is 0 Å². The fourth-order valence-electron chi connectivity index (χ4n) is 0. The first kappa shape index (κ1) is 22.5. The molecular formula is H8AlCaFNaO2P. The van der Waals surface area contributed by atoms with E-state index in [1.165, 1.54) is 0 Å². The Morgan fingerprint density at radius 3 is 1.29 bits per heavy atom. The van der Waals surface area contributed by atoms with Crippen LogP contribution in [0.15, 0.2) is 0 Å². The van der Waals surface area contributed by atoms with Gasteiger partial charge in [-0.25, -0.2) is 0 Å². The van der Waals surface area contributed by atoms with Gasteiger partial charge < -0.3 is 9.79 Å². The summed E-state index contributed by atoms with van der Waals surface area (Å²) in [7, 11) is -3.12. The molecule has 38 valence electrons. The van der Waals surface area contributed by atoms with Gasteiger partial charge in [0, 0.05) is 0 Å². The van der Waals surface area contributed by atoms with Crippen molar-refractivity contribution in [2.45, 2.75) is 0 Å². The van der Waals surface area contributed by atoms with Crippen molar-refractivity contribution in [2.24, 2.45) is 0 Å². The van der Waals surface area contributed by atoms with E-state index in [-0.39, 0.29) is 84.7 Å². The maximum absolute atomic E-state index is 10.2. The molecule has 0 heterocycles. The summed E-state index contributed by atoms with van der Waals surface area (Å²) in [4.78, 5) is 14.0. The summed E-state index contributed by atoms with van der Waals surface area (Å²) in [6.45, 7) is 0.